The molecule has 294 valence electrons. The second-order valence-corrected chi connectivity index (χ2v) is 18.8. The highest BCUT2D eigenvalue weighted by Gasteiger charge is 2.41. The van der Waals surface area contributed by atoms with Gasteiger partial charge in [-0.1, -0.05) is 193 Å². The van der Waals surface area contributed by atoms with Crippen LogP contribution in [0.4, 0.5) is 17.1 Å². The standard InChI is InChI=1S/C59H53N/c1-57(2)36-37-58(3,4)56-49(21-15-23-53(56)57)51-38-50-48-20-13-14-22-52(48)59(5,6)54(50)39-55(51)60(46-32-28-44(29-33-46)41-18-11-8-12-19-41)47-34-30-45(31-35-47)43-26-24-42(25-27-43)40-16-9-7-10-17-40/h7-35,38-39H,36-37H2,1-6H3. The quantitative estimate of drug-likeness (QED) is 0.156. The van der Waals surface area contributed by atoms with E-state index in [-0.39, 0.29) is 16.2 Å². The SMILES string of the molecule is CC1(C)CCC(C)(C)c2c(-c3cc4c(cc3N(c3ccc(-c5ccccc5)cc3)c3ccc(-c5ccc(-c6ccccc6)cc5)cc3)C(C)(C)c3ccccc3-4)cccc21. The van der Waals surface area contributed by atoms with Crippen molar-refractivity contribution in [2.24, 2.45) is 0 Å². The van der Waals surface area contributed by atoms with Crippen LogP contribution in [-0.2, 0) is 16.2 Å². The van der Waals surface area contributed by atoms with Crippen LogP contribution < -0.4 is 4.90 Å². The molecule has 8 aromatic rings. The van der Waals surface area contributed by atoms with Crippen molar-refractivity contribution in [3.05, 3.63) is 210 Å². The van der Waals surface area contributed by atoms with E-state index in [1.165, 1.54) is 90.0 Å². The van der Waals surface area contributed by atoms with E-state index in [4.69, 9.17) is 0 Å². The largest absolute Gasteiger partial charge is 0.310 e. The van der Waals surface area contributed by atoms with Gasteiger partial charge in [-0.2, -0.15) is 0 Å². The number of nitrogens with zero attached hydrogens (tertiary/aromatic N) is 1. The van der Waals surface area contributed by atoms with Crippen LogP contribution in [0.1, 0.15) is 76.6 Å². The van der Waals surface area contributed by atoms with Crippen LogP contribution in [0.25, 0.3) is 55.6 Å². The number of fused-ring (bicyclic) bond motifs is 4. The van der Waals surface area contributed by atoms with Crippen LogP contribution in [0.3, 0.4) is 0 Å². The molecule has 0 unspecified atom stereocenters. The van der Waals surface area contributed by atoms with Crippen molar-refractivity contribution in [2.75, 3.05) is 4.90 Å². The first-order valence-electron chi connectivity index (χ1n) is 21.6. The molecule has 0 saturated carbocycles. The Morgan fingerprint density at radius 3 is 1.32 bits per heavy atom. The Labute approximate surface area is 357 Å². The van der Waals surface area contributed by atoms with Crippen molar-refractivity contribution < 1.29 is 0 Å². The maximum atomic E-state index is 2.54. The lowest BCUT2D eigenvalue weighted by Gasteiger charge is -2.43. The van der Waals surface area contributed by atoms with Gasteiger partial charge in [-0.05, 0) is 132 Å². The van der Waals surface area contributed by atoms with Gasteiger partial charge >= 0.3 is 0 Å². The van der Waals surface area contributed by atoms with Crippen LogP contribution in [0.5, 0.6) is 0 Å². The first-order chi connectivity index (χ1) is 29.0. The predicted octanol–water partition coefficient (Wildman–Crippen LogP) is 16.5. The van der Waals surface area contributed by atoms with Gasteiger partial charge in [0, 0.05) is 22.4 Å². The Morgan fingerprint density at radius 2 is 0.767 bits per heavy atom. The third-order valence-electron chi connectivity index (χ3n) is 13.8. The molecule has 2 aliphatic rings. The van der Waals surface area contributed by atoms with Crippen molar-refractivity contribution in [1.82, 2.24) is 0 Å². The smallest absolute Gasteiger partial charge is 0.0543 e. The molecule has 0 heterocycles. The fourth-order valence-corrected chi connectivity index (χ4v) is 10.2. The summed E-state index contributed by atoms with van der Waals surface area (Å²) in [6, 6.07) is 69.9. The van der Waals surface area contributed by atoms with Crippen LogP contribution >= 0.6 is 0 Å². The minimum atomic E-state index is -0.158. The molecule has 1 heteroatoms. The van der Waals surface area contributed by atoms with Crippen molar-refractivity contribution >= 4 is 17.1 Å². The summed E-state index contributed by atoms with van der Waals surface area (Å²) in [5, 5.41) is 0. The van der Waals surface area contributed by atoms with E-state index in [1.807, 2.05) is 0 Å². The van der Waals surface area contributed by atoms with Gasteiger partial charge in [0.1, 0.15) is 0 Å². The molecular weight excluding hydrogens is 723 g/mol. The molecule has 0 bridgehead atoms. The summed E-state index contributed by atoms with van der Waals surface area (Å²) in [4.78, 5) is 2.52. The minimum Gasteiger partial charge on any atom is -0.310 e. The molecule has 0 radical (unpaired) electrons. The molecule has 1 nitrogen and oxygen atoms in total. The normalized spacial score (nSPS) is 15.4. The predicted molar refractivity (Wildman–Crippen MR) is 256 cm³/mol. The van der Waals surface area contributed by atoms with Gasteiger partial charge in [-0.15, -0.1) is 0 Å². The van der Waals surface area contributed by atoms with Crippen molar-refractivity contribution in [3.8, 4) is 55.6 Å². The average Bonchev–Trinajstić information content (AvgIpc) is 3.51. The summed E-state index contributed by atoms with van der Waals surface area (Å²) in [5.74, 6) is 0. The van der Waals surface area contributed by atoms with E-state index in [0.717, 1.165) is 17.8 Å². The summed E-state index contributed by atoms with van der Waals surface area (Å²) in [7, 11) is 0. The molecule has 0 aliphatic heterocycles. The Bertz CT molecular complexity index is 2840. The number of rotatable bonds is 7. The number of anilines is 3. The molecule has 8 aromatic carbocycles. The Balaban J connectivity index is 1.19. The van der Waals surface area contributed by atoms with Gasteiger partial charge in [0.25, 0.3) is 0 Å². The molecule has 60 heavy (non-hydrogen) atoms. The lowest BCUT2D eigenvalue weighted by molar-refractivity contribution is 0.333. The fourth-order valence-electron chi connectivity index (χ4n) is 10.2. The van der Waals surface area contributed by atoms with Gasteiger partial charge in [0.05, 0.1) is 5.69 Å². The van der Waals surface area contributed by atoms with Crippen LogP contribution in [0, 0.1) is 0 Å². The first kappa shape index (κ1) is 37.8. The Morgan fingerprint density at radius 1 is 0.333 bits per heavy atom. The van der Waals surface area contributed by atoms with Gasteiger partial charge in [-0.25, -0.2) is 0 Å². The summed E-state index contributed by atoms with van der Waals surface area (Å²) < 4.78 is 0. The van der Waals surface area contributed by atoms with Gasteiger partial charge < -0.3 is 4.90 Å². The highest BCUT2D eigenvalue weighted by Crippen LogP contribution is 2.56. The van der Waals surface area contributed by atoms with E-state index in [2.05, 4.69) is 234 Å². The molecule has 0 saturated heterocycles. The first-order valence-corrected chi connectivity index (χ1v) is 21.6. The van der Waals surface area contributed by atoms with E-state index < -0.39 is 0 Å². The molecule has 0 aromatic heterocycles. The maximum absolute atomic E-state index is 2.54. The average molecular weight is 776 g/mol. The molecule has 0 atom stereocenters. The summed E-state index contributed by atoms with van der Waals surface area (Å²) >= 11 is 0. The lowest BCUT2D eigenvalue weighted by Crippen LogP contribution is -2.34. The summed E-state index contributed by atoms with van der Waals surface area (Å²) in [6.45, 7) is 14.6. The zero-order chi connectivity index (χ0) is 41.2. The van der Waals surface area contributed by atoms with E-state index in [0.29, 0.717) is 0 Å². The van der Waals surface area contributed by atoms with E-state index >= 15 is 0 Å². The fraction of sp³-hybridized carbons (Fsp3) is 0.186. The highest BCUT2D eigenvalue weighted by atomic mass is 15.1. The molecule has 0 fully saturated rings. The zero-order valence-electron chi connectivity index (χ0n) is 35.8. The number of benzene rings is 8. The van der Waals surface area contributed by atoms with Crippen LogP contribution in [-0.4, -0.2) is 0 Å². The molecular formula is C59H53N. The molecule has 2 aliphatic carbocycles. The summed E-state index contributed by atoms with van der Waals surface area (Å²) in [6.07, 6.45) is 2.33. The summed E-state index contributed by atoms with van der Waals surface area (Å²) in [5.41, 5.74) is 21.7. The van der Waals surface area contributed by atoms with Crippen LogP contribution in [0.15, 0.2) is 188 Å². The Hall–Kier alpha value is -6.44. The highest BCUT2D eigenvalue weighted by molar-refractivity contribution is 5.96. The second kappa shape index (κ2) is 14.4. The monoisotopic (exact) mass is 775 g/mol. The zero-order valence-corrected chi connectivity index (χ0v) is 35.8. The minimum absolute atomic E-state index is 0.0226. The number of hydrogen-bond acceptors (Lipinski definition) is 1. The third-order valence-corrected chi connectivity index (χ3v) is 13.8. The number of hydrogen-bond donors (Lipinski definition) is 0. The molecule has 0 spiro atoms. The molecule has 0 N–H and O–H groups in total. The topological polar surface area (TPSA) is 3.24 Å². The van der Waals surface area contributed by atoms with Crippen LogP contribution in [0.2, 0.25) is 0 Å². The van der Waals surface area contributed by atoms with Crippen molar-refractivity contribution in [3.63, 3.8) is 0 Å². The third kappa shape index (κ3) is 6.40. The van der Waals surface area contributed by atoms with E-state index in [1.54, 1.807) is 0 Å². The van der Waals surface area contributed by atoms with Gasteiger partial charge in [0.2, 0.25) is 0 Å². The van der Waals surface area contributed by atoms with E-state index in [9.17, 15) is 0 Å². The van der Waals surface area contributed by atoms with Crippen molar-refractivity contribution in [2.45, 2.75) is 70.6 Å². The maximum Gasteiger partial charge on any atom is 0.0543 e. The van der Waals surface area contributed by atoms with Crippen molar-refractivity contribution in [1.29, 1.82) is 0 Å². The van der Waals surface area contributed by atoms with Gasteiger partial charge in [-0.3, -0.25) is 0 Å². The second-order valence-electron chi connectivity index (χ2n) is 18.8. The lowest BCUT2D eigenvalue weighted by atomic mass is 9.61. The molecule has 10 rings (SSSR count). The Kier molecular flexibility index (Phi) is 9.06. The van der Waals surface area contributed by atoms with Gasteiger partial charge in [0.15, 0.2) is 0 Å². The molecule has 0 amide bonds.